The first-order valence-corrected chi connectivity index (χ1v) is 8.48. The number of fused-ring (bicyclic) bond motifs is 1. The quantitative estimate of drug-likeness (QED) is 0.758. The van der Waals surface area contributed by atoms with Crippen LogP contribution >= 0.6 is 11.6 Å². The number of benzene rings is 1. The zero-order chi connectivity index (χ0) is 18.0. The van der Waals surface area contributed by atoms with Gasteiger partial charge in [-0.2, -0.15) is 9.48 Å². The Morgan fingerprint density at radius 3 is 2.68 bits per heavy atom. The Morgan fingerprint density at radius 1 is 1.28 bits per heavy atom. The number of rotatable bonds is 5. The summed E-state index contributed by atoms with van der Waals surface area (Å²) < 4.78 is 7.12. The molecule has 1 aromatic rings. The van der Waals surface area contributed by atoms with Gasteiger partial charge in [0.2, 0.25) is 0 Å². The maximum atomic E-state index is 13.0. The molecule has 1 atom stereocenters. The first kappa shape index (κ1) is 17.4. The third-order valence-corrected chi connectivity index (χ3v) is 4.34. The number of halogens is 1. The van der Waals surface area contributed by atoms with E-state index in [9.17, 15) is 9.59 Å². The molecule has 1 aromatic carbocycles. The largest absolute Gasteiger partial charge is 0.496 e. The Labute approximate surface area is 151 Å². The second-order valence-electron chi connectivity index (χ2n) is 5.88. The molecule has 25 heavy (non-hydrogen) atoms. The second kappa shape index (κ2) is 7.19. The fraction of sp³-hybridized carbons (Fsp3) is 0.333. The van der Waals surface area contributed by atoms with E-state index >= 15 is 0 Å². The molecular weight excluding hydrogens is 342 g/mol. The fourth-order valence-corrected chi connectivity index (χ4v) is 2.92. The summed E-state index contributed by atoms with van der Waals surface area (Å²) in [5.74, 6) is -0.0907. The van der Waals surface area contributed by atoms with Crippen LogP contribution in [0.1, 0.15) is 18.9 Å². The average molecular weight is 361 g/mol. The Morgan fingerprint density at radius 2 is 2.00 bits per heavy atom. The molecule has 0 N–H and O–H groups in total. The normalized spacial score (nSPS) is 19.9. The smallest absolute Gasteiger partial charge is 0.445 e. The van der Waals surface area contributed by atoms with Gasteiger partial charge in [0.15, 0.2) is 5.92 Å². The van der Waals surface area contributed by atoms with Gasteiger partial charge in [-0.05, 0) is 24.1 Å². The fourth-order valence-electron chi connectivity index (χ4n) is 2.80. The molecule has 0 saturated heterocycles. The summed E-state index contributed by atoms with van der Waals surface area (Å²) >= 11 is 5.89. The van der Waals surface area contributed by atoms with Crippen molar-refractivity contribution in [2.75, 3.05) is 13.7 Å². The molecule has 3 rings (SSSR count). The van der Waals surface area contributed by atoms with E-state index < -0.39 is 11.9 Å². The zero-order valence-electron chi connectivity index (χ0n) is 14.1. The van der Waals surface area contributed by atoms with Crippen molar-refractivity contribution in [3.63, 3.8) is 0 Å². The maximum absolute atomic E-state index is 13.0. The molecule has 0 radical (unpaired) electrons. The van der Waals surface area contributed by atoms with Crippen molar-refractivity contribution in [1.29, 1.82) is 0 Å². The highest BCUT2D eigenvalue weighted by Gasteiger charge is 2.49. The summed E-state index contributed by atoms with van der Waals surface area (Å²) in [6, 6.07) is 6.66. The highest BCUT2D eigenvalue weighted by molar-refractivity contribution is 6.30. The summed E-state index contributed by atoms with van der Waals surface area (Å²) in [4.78, 5) is 31.1. The molecule has 0 spiro atoms. The van der Waals surface area contributed by atoms with E-state index in [-0.39, 0.29) is 12.5 Å². The Kier molecular flexibility index (Phi) is 4.99. The maximum Gasteiger partial charge on any atom is 0.445 e. The summed E-state index contributed by atoms with van der Waals surface area (Å²) in [6.07, 6.45) is 4.07. The third-order valence-electron chi connectivity index (χ3n) is 4.09. The number of ether oxygens (including phenoxy) is 1. The number of urea groups is 1. The van der Waals surface area contributed by atoms with Gasteiger partial charge in [0.1, 0.15) is 18.5 Å². The summed E-state index contributed by atoms with van der Waals surface area (Å²) in [7, 11) is 1.62. The van der Waals surface area contributed by atoms with Crippen LogP contribution in [-0.4, -0.2) is 47.1 Å². The average Bonchev–Trinajstić information content (AvgIpc) is 2.63. The third kappa shape index (κ3) is 3.35. The Bertz CT molecular complexity index is 796. The van der Waals surface area contributed by atoms with Crippen LogP contribution in [0.2, 0.25) is 5.02 Å². The van der Waals surface area contributed by atoms with Crippen molar-refractivity contribution in [2.45, 2.75) is 19.9 Å². The number of aliphatic imine (C=N–C) groups is 1. The van der Waals surface area contributed by atoms with Gasteiger partial charge in [0.05, 0.1) is 13.7 Å². The van der Waals surface area contributed by atoms with Gasteiger partial charge in [-0.1, -0.05) is 30.7 Å². The molecule has 0 saturated carbocycles. The molecular formula is C18H19ClN3O3+. The van der Waals surface area contributed by atoms with Gasteiger partial charge < -0.3 is 4.74 Å². The van der Waals surface area contributed by atoms with Crippen molar-refractivity contribution in [2.24, 2.45) is 10.9 Å². The molecule has 0 fully saturated rings. The van der Waals surface area contributed by atoms with Crippen molar-refractivity contribution in [3.8, 4) is 0 Å². The number of hydrogen-bond acceptors (Lipinski definition) is 4. The monoisotopic (exact) mass is 360 g/mol. The van der Waals surface area contributed by atoms with Gasteiger partial charge in [0.25, 0.3) is 5.84 Å². The summed E-state index contributed by atoms with van der Waals surface area (Å²) in [5, 5.41) is 0.604. The van der Waals surface area contributed by atoms with Crippen molar-refractivity contribution < 1.29 is 18.9 Å². The van der Waals surface area contributed by atoms with Crippen LogP contribution in [0, 0.1) is 5.92 Å². The van der Waals surface area contributed by atoms with Gasteiger partial charge in [-0.25, -0.2) is 4.79 Å². The van der Waals surface area contributed by atoms with Crippen molar-refractivity contribution >= 4 is 35.6 Å². The second-order valence-corrected chi connectivity index (χ2v) is 6.32. The molecule has 0 aromatic heterocycles. The highest BCUT2D eigenvalue weighted by Crippen LogP contribution is 2.26. The standard InChI is InChI=1S/C18H19ClN3O3/c1-3-10-25-14-8-9-20-16-15(14)17(23)22(18(24)21(16)2)11-12-4-6-13(19)7-5-12/h4-9,15H,3,10-11H2,1-2H3/q+1. The number of allylic oxidation sites excluding steroid dienone is 1. The Balaban J connectivity index is 1.92. The summed E-state index contributed by atoms with van der Waals surface area (Å²) in [6.45, 7) is 2.67. The molecule has 2 aliphatic heterocycles. The lowest BCUT2D eigenvalue weighted by molar-refractivity contribution is -0.409. The minimum Gasteiger partial charge on any atom is -0.496 e. The highest BCUT2D eigenvalue weighted by atomic mass is 35.5. The van der Waals surface area contributed by atoms with Crippen LogP contribution in [0.3, 0.4) is 0 Å². The van der Waals surface area contributed by atoms with E-state index in [1.807, 2.05) is 6.92 Å². The van der Waals surface area contributed by atoms with E-state index in [0.29, 0.717) is 23.2 Å². The number of carbonyl (C=O) groups is 2. The van der Waals surface area contributed by atoms with Gasteiger partial charge in [0, 0.05) is 11.1 Å². The van der Waals surface area contributed by atoms with E-state index in [0.717, 1.165) is 12.0 Å². The SMILES string of the molecule is CCCOC1=CC=NC2=[N+](C)C(=O)N(Cc3ccc(Cl)cc3)C(=O)C12. The van der Waals surface area contributed by atoms with E-state index in [4.69, 9.17) is 16.3 Å². The van der Waals surface area contributed by atoms with Crippen molar-refractivity contribution in [3.05, 3.63) is 46.7 Å². The molecule has 6 nitrogen and oxygen atoms in total. The molecule has 0 aliphatic carbocycles. The molecule has 130 valence electrons. The topological polar surface area (TPSA) is 62.0 Å². The van der Waals surface area contributed by atoms with Crippen LogP contribution in [0.15, 0.2) is 41.1 Å². The van der Waals surface area contributed by atoms with E-state index in [2.05, 4.69) is 4.99 Å². The van der Waals surface area contributed by atoms with Crippen LogP contribution in [-0.2, 0) is 16.1 Å². The van der Waals surface area contributed by atoms with Crippen LogP contribution in [0.4, 0.5) is 4.79 Å². The van der Waals surface area contributed by atoms with Crippen LogP contribution in [0.25, 0.3) is 0 Å². The van der Waals surface area contributed by atoms with E-state index in [1.54, 1.807) is 43.6 Å². The first-order chi connectivity index (χ1) is 12.0. The van der Waals surface area contributed by atoms with Crippen LogP contribution < -0.4 is 0 Å². The molecule has 2 heterocycles. The zero-order valence-corrected chi connectivity index (χ0v) is 14.9. The predicted molar refractivity (Wildman–Crippen MR) is 94.9 cm³/mol. The van der Waals surface area contributed by atoms with Crippen molar-refractivity contribution in [1.82, 2.24) is 4.90 Å². The number of amides is 3. The first-order valence-electron chi connectivity index (χ1n) is 8.10. The molecule has 0 bridgehead atoms. The Hall–Kier alpha value is -2.47. The summed E-state index contributed by atoms with van der Waals surface area (Å²) in [5.41, 5.74) is 0.822. The van der Waals surface area contributed by atoms with Gasteiger partial charge >= 0.3 is 11.9 Å². The predicted octanol–water partition coefficient (Wildman–Crippen LogP) is 2.85. The molecule has 2 aliphatic rings. The number of dihydropyridines is 1. The lowest BCUT2D eigenvalue weighted by Crippen LogP contribution is -2.54. The minimum absolute atomic E-state index is 0.174. The van der Waals surface area contributed by atoms with Gasteiger partial charge in [-0.15, -0.1) is 4.99 Å². The minimum atomic E-state index is -0.688. The number of hydrogen-bond donors (Lipinski definition) is 0. The molecule has 3 amide bonds. The lowest BCUT2D eigenvalue weighted by atomic mass is 9.99. The number of carbonyl (C=O) groups excluding carboxylic acids is 2. The number of imide groups is 1. The molecule has 7 heteroatoms. The van der Waals surface area contributed by atoms with Gasteiger partial charge in [-0.3, -0.25) is 4.79 Å². The van der Waals surface area contributed by atoms with E-state index in [1.165, 1.54) is 9.48 Å². The molecule has 1 unspecified atom stereocenters. The number of nitrogens with zero attached hydrogens (tertiary/aromatic N) is 3. The van der Waals surface area contributed by atoms with Crippen LogP contribution in [0.5, 0.6) is 0 Å². The number of amidine groups is 1. The lowest BCUT2D eigenvalue weighted by Gasteiger charge is -2.28.